The lowest BCUT2D eigenvalue weighted by atomic mass is 10.2. The Morgan fingerprint density at radius 1 is 1.36 bits per heavy atom. The van der Waals surface area contributed by atoms with Crippen LogP contribution >= 0.6 is 0 Å². The van der Waals surface area contributed by atoms with E-state index < -0.39 is 6.10 Å². The van der Waals surface area contributed by atoms with Crippen LogP contribution in [-0.4, -0.2) is 68.3 Å². The van der Waals surface area contributed by atoms with E-state index >= 15 is 0 Å². The predicted octanol–water partition coefficient (Wildman–Crippen LogP) is 1.24. The van der Waals surface area contributed by atoms with E-state index in [4.69, 9.17) is 0 Å². The maximum atomic E-state index is 12.7. The Labute approximate surface area is 147 Å². The molecule has 1 aliphatic carbocycles. The highest BCUT2D eigenvalue weighted by Gasteiger charge is 2.28. The van der Waals surface area contributed by atoms with Gasteiger partial charge in [0.15, 0.2) is 0 Å². The quantitative estimate of drug-likeness (QED) is 0.779. The molecule has 1 saturated heterocycles. The summed E-state index contributed by atoms with van der Waals surface area (Å²) in [6, 6.07) is 3.94. The van der Waals surface area contributed by atoms with Gasteiger partial charge in [0.1, 0.15) is 0 Å². The summed E-state index contributed by atoms with van der Waals surface area (Å²) in [5, 5.41) is 17.9. The third-order valence-corrected chi connectivity index (χ3v) is 5.10. The number of hydrogen-bond acceptors (Lipinski definition) is 4. The Kier molecular flexibility index (Phi) is 4.35. The largest absolute Gasteiger partial charge is 0.390 e. The van der Waals surface area contributed by atoms with E-state index in [-0.39, 0.29) is 5.91 Å². The molecule has 2 aliphatic rings. The molecule has 3 heterocycles. The number of β-amino-alcohol motifs (C(OH)–C–C–N with tert-alkyl or cyclic N) is 1. The van der Waals surface area contributed by atoms with Crippen LogP contribution in [-0.2, 0) is 6.54 Å². The van der Waals surface area contributed by atoms with Crippen LogP contribution in [0.25, 0.3) is 0 Å². The number of nitrogens with one attached hydrogen (secondary N) is 2. The maximum Gasteiger partial charge on any atom is 0.255 e. The molecule has 0 aromatic carbocycles. The number of aliphatic hydroxyl groups excluding tert-OH is 1. The van der Waals surface area contributed by atoms with Gasteiger partial charge in [0, 0.05) is 56.2 Å². The highest BCUT2D eigenvalue weighted by molar-refractivity contribution is 5.95. The molecule has 0 spiro atoms. The Balaban J connectivity index is 1.39. The van der Waals surface area contributed by atoms with Crippen molar-refractivity contribution >= 4 is 5.91 Å². The van der Waals surface area contributed by atoms with E-state index in [9.17, 15) is 9.90 Å². The van der Waals surface area contributed by atoms with E-state index in [1.54, 1.807) is 17.2 Å². The third kappa shape index (κ3) is 3.62. The summed E-state index contributed by atoms with van der Waals surface area (Å²) in [5.74, 6) is 0.620. The number of carbonyl (C=O) groups excluding carboxylic acids is 1. The standard InChI is InChI=1S/C18H25N5O2/c1-12-16(4-5-19-12)18(25)23-7-6-22(10-15(24)11-23)9-14-8-17(21-20-14)13-2-3-13/h4-5,8,13,15,19,24H,2-3,6-7,9-11H2,1H3,(H,20,21). The van der Waals surface area contributed by atoms with Crippen LogP contribution in [0.3, 0.4) is 0 Å². The highest BCUT2D eigenvalue weighted by Crippen LogP contribution is 2.39. The molecular formula is C18H25N5O2. The van der Waals surface area contributed by atoms with Gasteiger partial charge in [-0.3, -0.25) is 14.8 Å². The fourth-order valence-corrected chi connectivity index (χ4v) is 3.53. The minimum atomic E-state index is -0.545. The number of aryl methyl sites for hydroxylation is 1. The second-order valence-electron chi connectivity index (χ2n) is 7.25. The smallest absolute Gasteiger partial charge is 0.255 e. The zero-order chi connectivity index (χ0) is 17.4. The molecule has 3 N–H and O–H groups in total. The average Bonchev–Trinajstić information content (AvgIpc) is 3.24. The van der Waals surface area contributed by atoms with Crippen molar-refractivity contribution in [3.05, 3.63) is 41.0 Å². The van der Waals surface area contributed by atoms with E-state index in [2.05, 4.69) is 26.1 Å². The van der Waals surface area contributed by atoms with Crippen LogP contribution in [0.4, 0.5) is 0 Å². The molecule has 134 valence electrons. The molecule has 0 radical (unpaired) electrons. The van der Waals surface area contributed by atoms with E-state index in [1.807, 2.05) is 6.92 Å². The number of aromatic amines is 2. The van der Waals surface area contributed by atoms with Crippen molar-refractivity contribution in [3.8, 4) is 0 Å². The Morgan fingerprint density at radius 2 is 2.20 bits per heavy atom. The highest BCUT2D eigenvalue weighted by atomic mass is 16.3. The fraction of sp³-hybridized carbons (Fsp3) is 0.556. The molecule has 4 rings (SSSR count). The number of hydrogen-bond donors (Lipinski definition) is 3. The predicted molar refractivity (Wildman–Crippen MR) is 93.3 cm³/mol. The minimum absolute atomic E-state index is 0.0165. The number of aliphatic hydroxyl groups is 1. The Bertz CT molecular complexity index is 748. The summed E-state index contributed by atoms with van der Waals surface area (Å²) in [5.41, 5.74) is 3.79. The van der Waals surface area contributed by atoms with Crippen LogP contribution in [0.15, 0.2) is 18.3 Å². The summed E-state index contributed by atoms with van der Waals surface area (Å²) >= 11 is 0. The number of aromatic nitrogens is 3. The van der Waals surface area contributed by atoms with Crippen molar-refractivity contribution in [2.45, 2.75) is 38.3 Å². The summed E-state index contributed by atoms with van der Waals surface area (Å²) < 4.78 is 0. The molecule has 2 fully saturated rings. The van der Waals surface area contributed by atoms with Crippen LogP contribution in [0, 0.1) is 6.92 Å². The first kappa shape index (κ1) is 16.4. The molecule has 7 nitrogen and oxygen atoms in total. The van der Waals surface area contributed by atoms with Crippen molar-refractivity contribution in [1.82, 2.24) is 25.0 Å². The number of nitrogens with zero attached hydrogens (tertiary/aromatic N) is 3. The molecule has 1 amide bonds. The monoisotopic (exact) mass is 343 g/mol. The van der Waals surface area contributed by atoms with Crippen molar-refractivity contribution < 1.29 is 9.90 Å². The first-order valence-electron chi connectivity index (χ1n) is 8.98. The molecule has 2 aromatic rings. The zero-order valence-electron chi connectivity index (χ0n) is 14.5. The molecule has 25 heavy (non-hydrogen) atoms. The van der Waals surface area contributed by atoms with Crippen molar-refractivity contribution in [1.29, 1.82) is 0 Å². The second kappa shape index (κ2) is 6.65. The zero-order valence-corrected chi connectivity index (χ0v) is 14.5. The van der Waals surface area contributed by atoms with Gasteiger partial charge in [-0.05, 0) is 31.9 Å². The van der Waals surface area contributed by atoms with Crippen LogP contribution < -0.4 is 0 Å². The molecule has 1 aliphatic heterocycles. The van der Waals surface area contributed by atoms with Gasteiger partial charge in [-0.1, -0.05) is 0 Å². The van der Waals surface area contributed by atoms with E-state index in [1.165, 1.54) is 12.8 Å². The van der Waals surface area contributed by atoms with Crippen molar-refractivity contribution in [3.63, 3.8) is 0 Å². The first-order chi connectivity index (χ1) is 12.1. The molecule has 1 unspecified atom stereocenters. The number of carbonyl (C=O) groups is 1. The summed E-state index contributed by atoms with van der Waals surface area (Å²) in [7, 11) is 0. The molecule has 1 saturated carbocycles. The summed E-state index contributed by atoms with van der Waals surface area (Å²) in [6.45, 7) is 4.91. The second-order valence-corrected chi connectivity index (χ2v) is 7.25. The van der Waals surface area contributed by atoms with Gasteiger partial charge in [-0.15, -0.1) is 0 Å². The number of H-pyrrole nitrogens is 2. The van der Waals surface area contributed by atoms with Gasteiger partial charge >= 0.3 is 0 Å². The van der Waals surface area contributed by atoms with Crippen LogP contribution in [0.1, 0.15) is 46.2 Å². The normalized spacial score (nSPS) is 22.2. The van der Waals surface area contributed by atoms with E-state index in [0.717, 1.165) is 30.2 Å². The van der Waals surface area contributed by atoms with Gasteiger partial charge in [0.25, 0.3) is 5.91 Å². The van der Waals surface area contributed by atoms with Gasteiger partial charge in [-0.2, -0.15) is 5.10 Å². The number of amides is 1. The molecule has 1 atom stereocenters. The summed E-state index contributed by atoms with van der Waals surface area (Å²) in [6.07, 6.45) is 3.71. The van der Waals surface area contributed by atoms with Crippen LogP contribution in [0.5, 0.6) is 0 Å². The van der Waals surface area contributed by atoms with Crippen molar-refractivity contribution in [2.24, 2.45) is 0 Å². The van der Waals surface area contributed by atoms with E-state index in [0.29, 0.717) is 31.1 Å². The van der Waals surface area contributed by atoms with Crippen molar-refractivity contribution in [2.75, 3.05) is 26.2 Å². The third-order valence-electron chi connectivity index (χ3n) is 5.10. The summed E-state index contributed by atoms with van der Waals surface area (Å²) in [4.78, 5) is 19.7. The van der Waals surface area contributed by atoms with Gasteiger partial charge in [0.05, 0.1) is 17.4 Å². The topological polar surface area (TPSA) is 88.3 Å². The minimum Gasteiger partial charge on any atom is -0.390 e. The average molecular weight is 343 g/mol. The van der Waals surface area contributed by atoms with Crippen LogP contribution in [0.2, 0.25) is 0 Å². The molecule has 7 heteroatoms. The number of rotatable bonds is 4. The Morgan fingerprint density at radius 3 is 2.92 bits per heavy atom. The fourth-order valence-electron chi connectivity index (χ4n) is 3.53. The lowest BCUT2D eigenvalue weighted by Gasteiger charge is -2.21. The van der Waals surface area contributed by atoms with Gasteiger partial charge in [-0.25, -0.2) is 0 Å². The van der Waals surface area contributed by atoms with Gasteiger partial charge < -0.3 is 15.0 Å². The Hall–Kier alpha value is -2.12. The molecular weight excluding hydrogens is 318 g/mol. The lowest BCUT2D eigenvalue weighted by molar-refractivity contribution is 0.0662. The van der Waals surface area contributed by atoms with Gasteiger partial charge in [0.2, 0.25) is 0 Å². The SMILES string of the molecule is Cc1[nH]ccc1C(=O)N1CCN(Cc2cc(C3CC3)n[nH]2)CC(O)C1. The lowest BCUT2D eigenvalue weighted by Crippen LogP contribution is -2.37. The molecule has 2 aromatic heterocycles. The molecule has 0 bridgehead atoms. The first-order valence-corrected chi connectivity index (χ1v) is 8.98. The maximum absolute atomic E-state index is 12.7.